The minimum absolute atomic E-state index is 0.257. The van der Waals surface area contributed by atoms with E-state index < -0.39 is 0 Å². The van der Waals surface area contributed by atoms with Crippen LogP contribution in [0.1, 0.15) is 29.7 Å². The summed E-state index contributed by atoms with van der Waals surface area (Å²) in [5.74, 6) is 0. The van der Waals surface area contributed by atoms with E-state index in [2.05, 4.69) is 43.4 Å². The quantitative estimate of drug-likeness (QED) is 0.822. The first-order chi connectivity index (χ1) is 9.08. The Hall–Kier alpha value is -1.02. The summed E-state index contributed by atoms with van der Waals surface area (Å²) in [5.41, 5.74) is 3.48. The van der Waals surface area contributed by atoms with Crippen LogP contribution < -0.4 is 5.32 Å². The van der Waals surface area contributed by atoms with Gasteiger partial charge in [-0.3, -0.25) is 0 Å². The number of aryl methyl sites for hydroxylation is 1. The van der Waals surface area contributed by atoms with E-state index in [4.69, 9.17) is 23.2 Å². The number of hydrogen-bond acceptors (Lipinski definition) is 1. The Labute approximate surface area is 124 Å². The molecule has 0 saturated heterocycles. The third-order valence-corrected chi connectivity index (χ3v) is 3.93. The minimum Gasteiger partial charge on any atom is -0.306 e. The number of halogens is 2. The van der Waals surface area contributed by atoms with Gasteiger partial charge in [-0.1, -0.05) is 59.1 Å². The summed E-state index contributed by atoms with van der Waals surface area (Å²) in [6.07, 6.45) is 0. The number of nitrogens with one attached hydrogen (secondary N) is 1. The number of benzene rings is 2. The maximum atomic E-state index is 6.16. The van der Waals surface area contributed by atoms with Crippen molar-refractivity contribution >= 4 is 23.2 Å². The van der Waals surface area contributed by atoms with E-state index in [0.29, 0.717) is 16.6 Å². The van der Waals surface area contributed by atoms with Gasteiger partial charge in [0.25, 0.3) is 0 Å². The Balaban J connectivity index is 2.04. The summed E-state index contributed by atoms with van der Waals surface area (Å²) in [7, 11) is 0. The Bertz CT molecular complexity index is 529. The van der Waals surface area contributed by atoms with E-state index >= 15 is 0 Å². The van der Waals surface area contributed by atoms with Gasteiger partial charge in [0.15, 0.2) is 0 Å². The van der Waals surface area contributed by atoms with Crippen LogP contribution in [0.5, 0.6) is 0 Å². The van der Waals surface area contributed by atoms with E-state index in [1.807, 2.05) is 18.2 Å². The molecule has 1 nitrogen and oxygen atoms in total. The van der Waals surface area contributed by atoms with Gasteiger partial charge >= 0.3 is 0 Å². The molecule has 0 aliphatic heterocycles. The molecule has 2 aromatic carbocycles. The second kappa shape index (κ2) is 6.42. The van der Waals surface area contributed by atoms with Crippen molar-refractivity contribution in [2.75, 3.05) is 0 Å². The molecule has 0 bridgehead atoms. The Morgan fingerprint density at radius 3 is 2.16 bits per heavy atom. The number of hydrogen-bond donors (Lipinski definition) is 1. The van der Waals surface area contributed by atoms with Crippen molar-refractivity contribution in [2.45, 2.75) is 26.4 Å². The average molecular weight is 294 g/mol. The summed E-state index contributed by atoms with van der Waals surface area (Å²) in [6, 6.07) is 14.4. The summed E-state index contributed by atoms with van der Waals surface area (Å²) in [5, 5.41) is 4.86. The van der Waals surface area contributed by atoms with Crippen LogP contribution in [0.15, 0.2) is 42.5 Å². The topological polar surface area (TPSA) is 12.0 Å². The molecule has 0 heterocycles. The first-order valence-corrected chi connectivity index (χ1v) is 7.06. The van der Waals surface area contributed by atoms with Crippen LogP contribution >= 0.6 is 23.2 Å². The fourth-order valence-electron chi connectivity index (χ4n) is 1.93. The Kier molecular flexibility index (Phi) is 4.87. The van der Waals surface area contributed by atoms with Crippen LogP contribution in [0, 0.1) is 6.92 Å². The van der Waals surface area contributed by atoms with Crippen molar-refractivity contribution in [3.05, 3.63) is 69.2 Å². The van der Waals surface area contributed by atoms with Crippen LogP contribution in [0.25, 0.3) is 0 Å². The van der Waals surface area contributed by atoms with Crippen molar-refractivity contribution in [1.29, 1.82) is 0 Å². The fraction of sp³-hybridized carbons (Fsp3) is 0.250. The van der Waals surface area contributed by atoms with Gasteiger partial charge in [-0.05, 0) is 31.5 Å². The molecule has 0 aliphatic carbocycles. The zero-order valence-corrected chi connectivity index (χ0v) is 12.6. The zero-order valence-electron chi connectivity index (χ0n) is 11.1. The van der Waals surface area contributed by atoms with E-state index in [1.165, 1.54) is 11.1 Å². The van der Waals surface area contributed by atoms with Crippen LogP contribution in [-0.2, 0) is 6.54 Å². The zero-order chi connectivity index (χ0) is 13.8. The van der Waals surface area contributed by atoms with E-state index in [9.17, 15) is 0 Å². The highest BCUT2D eigenvalue weighted by atomic mass is 35.5. The molecule has 3 heteroatoms. The number of rotatable bonds is 4. The molecule has 0 spiro atoms. The normalized spacial score (nSPS) is 12.4. The molecule has 1 atom stereocenters. The summed E-state index contributed by atoms with van der Waals surface area (Å²) < 4.78 is 0. The molecular weight excluding hydrogens is 277 g/mol. The van der Waals surface area contributed by atoms with Crippen molar-refractivity contribution < 1.29 is 0 Å². The molecule has 1 N–H and O–H groups in total. The van der Waals surface area contributed by atoms with E-state index in [1.54, 1.807) is 0 Å². The van der Waals surface area contributed by atoms with Crippen LogP contribution in [-0.4, -0.2) is 0 Å². The molecule has 0 aromatic heterocycles. The first-order valence-electron chi connectivity index (χ1n) is 6.31. The van der Waals surface area contributed by atoms with E-state index in [-0.39, 0.29) is 6.04 Å². The molecule has 2 rings (SSSR count). The van der Waals surface area contributed by atoms with Gasteiger partial charge in [0, 0.05) is 28.2 Å². The molecule has 0 fully saturated rings. The van der Waals surface area contributed by atoms with Gasteiger partial charge in [0.2, 0.25) is 0 Å². The summed E-state index contributed by atoms with van der Waals surface area (Å²) in [6.45, 7) is 4.88. The predicted octanol–water partition coefficient (Wildman–Crippen LogP) is 5.15. The fourth-order valence-corrected chi connectivity index (χ4v) is 2.46. The monoisotopic (exact) mass is 293 g/mol. The lowest BCUT2D eigenvalue weighted by Crippen LogP contribution is -2.18. The lowest BCUT2D eigenvalue weighted by Gasteiger charge is -2.16. The SMILES string of the molecule is Cc1ccc([C@@H](C)NCc2c(Cl)cccc2Cl)cc1. The highest BCUT2D eigenvalue weighted by Crippen LogP contribution is 2.25. The molecule has 0 radical (unpaired) electrons. The average Bonchev–Trinajstić information content (AvgIpc) is 2.38. The van der Waals surface area contributed by atoms with Gasteiger partial charge in [0.1, 0.15) is 0 Å². The minimum atomic E-state index is 0.257. The Morgan fingerprint density at radius 2 is 1.58 bits per heavy atom. The van der Waals surface area contributed by atoms with Crippen molar-refractivity contribution in [2.24, 2.45) is 0 Å². The van der Waals surface area contributed by atoms with Gasteiger partial charge in [-0.15, -0.1) is 0 Å². The van der Waals surface area contributed by atoms with Gasteiger partial charge in [0.05, 0.1) is 0 Å². The first kappa shape index (κ1) is 14.4. The largest absolute Gasteiger partial charge is 0.306 e. The maximum absolute atomic E-state index is 6.16. The van der Waals surface area contributed by atoms with Crippen LogP contribution in [0.3, 0.4) is 0 Å². The van der Waals surface area contributed by atoms with Crippen molar-refractivity contribution in [1.82, 2.24) is 5.32 Å². The summed E-state index contributed by atoms with van der Waals surface area (Å²) >= 11 is 12.3. The third-order valence-electron chi connectivity index (χ3n) is 3.22. The van der Waals surface area contributed by atoms with Crippen LogP contribution in [0.2, 0.25) is 10.0 Å². The van der Waals surface area contributed by atoms with Crippen molar-refractivity contribution in [3.63, 3.8) is 0 Å². The van der Waals surface area contributed by atoms with Crippen molar-refractivity contribution in [3.8, 4) is 0 Å². The third kappa shape index (κ3) is 3.73. The molecule has 0 saturated carbocycles. The lowest BCUT2D eigenvalue weighted by molar-refractivity contribution is 0.575. The highest BCUT2D eigenvalue weighted by Gasteiger charge is 2.08. The Morgan fingerprint density at radius 1 is 1.00 bits per heavy atom. The van der Waals surface area contributed by atoms with Gasteiger partial charge in [-0.2, -0.15) is 0 Å². The molecular formula is C16H17Cl2N. The van der Waals surface area contributed by atoms with E-state index in [0.717, 1.165) is 5.56 Å². The maximum Gasteiger partial charge on any atom is 0.0465 e. The molecule has 2 aromatic rings. The lowest BCUT2D eigenvalue weighted by atomic mass is 10.1. The highest BCUT2D eigenvalue weighted by molar-refractivity contribution is 6.35. The second-order valence-corrected chi connectivity index (χ2v) is 5.53. The van der Waals surface area contributed by atoms with Crippen LogP contribution in [0.4, 0.5) is 0 Å². The molecule has 0 unspecified atom stereocenters. The van der Waals surface area contributed by atoms with Gasteiger partial charge < -0.3 is 5.32 Å². The second-order valence-electron chi connectivity index (χ2n) is 4.71. The van der Waals surface area contributed by atoms with Gasteiger partial charge in [-0.25, -0.2) is 0 Å². The standard InChI is InChI=1S/C16H17Cl2N/c1-11-6-8-13(9-7-11)12(2)19-10-14-15(17)4-3-5-16(14)18/h3-9,12,19H,10H2,1-2H3/t12-/m1/s1. The predicted molar refractivity (Wildman–Crippen MR) is 82.9 cm³/mol. The molecule has 100 valence electrons. The molecule has 0 aliphatic rings. The summed E-state index contributed by atoms with van der Waals surface area (Å²) in [4.78, 5) is 0. The molecule has 19 heavy (non-hydrogen) atoms. The molecule has 0 amide bonds. The smallest absolute Gasteiger partial charge is 0.0465 e.